The Balaban J connectivity index is 1.62. The molecule has 1 heterocycles. The number of amides is 1. The number of ether oxygens (including phenoxy) is 4. The van der Waals surface area contributed by atoms with E-state index >= 15 is 0 Å². The summed E-state index contributed by atoms with van der Waals surface area (Å²) in [6.45, 7) is 14.2. The molecule has 3 aromatic carbocycles. The molecule has 0 saturated heterocycles. The number of carbonyl (C=O) groups is 1. The van der Waals surface area contributed by atoms with E-state index in [0.717, 1.165) is 42.4 Å². The topological polar surface area (TPSA) is 119 Å². The summed E-state index contributed by atoms with van der Waals surface area (Å²) in [7, 11) is 0. The molecule has 3 aromatic rings. The minimum absolute atomic E-state index is 0.0162. The van der Waals surface area contributed by atoms with Gasteiger partial charge in [-0.1, -0.05) is 48.3 Å². The molecule has 1 saturated carbocycles. The number of aliphatic hydroxyl groups is 2. The van der Waals surface area contributed by atoms with Crippen molar-refractivity contribution in [3.63, 3.8) is 0 Å². The molecule has 6 atom stereocenters. The molecule has 2 N–H and O–H groups in total. The molecular weight excluding hydrogens is 799 g/mol. The number of benzene rings is 3. The van der Waals surface area contributed by atoms with Crippen molar-refractivity contribution in [2.45, 2.75) is 109 Å². The van der Waals surface area contributed by atoms with E-state index in [-0.39, 0.29) is 63.0 Å². The lowest BCUT2D eigenvalue weighted by Crippen LogP contribution is -2.70. The number of aliphatic hydroxyl groups excluding tert-OH is 2. The van der Waals surface area contributed by atoms with Crippen LogP contribution in [0.2, 0.25) is 0 Å². The second-order valence-electron chi connectivity index (χ2n) is 17.4. The number of hydrogen-bond donors (Lipinski definition) is 2. The van der Waals surface area contributed by atoms with E-state index in [0.29, 0.717) is 41.4 Å². The maximum atomic E-state index is 14.5. The number of allylic oxidation sites excluding steroid dienone is 1. The van der Waals surface area contributed by atoms with Gasteiger partial charge < -0.3 is 34.0 Å². The van der Waals surface area contributed by atoms with Crippen molar-refractivity contribution in [2.75, 3.05) is 32.3 Å². The first-order valence-electron chi connectivity index (χ1n) is 21.6. The highest BCUT2D eigenvalue weighted by molar-refractivity contribution is 6.18. The molecule has 12 heteroatoms. The molecule has 330 valence electrons. The largest absolute Gasteiger partial charge is 0.459 e. The van der Waals surface area contributed by atoms with Gasteiger partial charge in [-0.05, 0) is 137 Å². The average molecular weight is 861 g/mol. The number of nitrogens with zero attached hydrogens (tertiary/aromatic N) is 2. The predicted octanol–water partition coefficient (Wildman–Crippen LogP) is 10.5. The fourth-order valence-corrected chi connectivity index (χ4v) is 9.19. The summed E-state index contributed by atoms with van der Waals surface area (Å²) in [5.74, 6) is -0.604. The van der Waals surface area contributed by atoms with Crippen LogP contribution in [0, 0.1) is 37.4 Å². The molecule has 0 spiro atoms. The molecule has 6 rings (SSSR count). The van der Waals surface area contributed by atoms with Gasteiger partial charge in [-0.2, -0.15) is 0 Å². The highest BCUT2D eigenvalue weighted by Crippen LogP contribution is 2.62. The summed E-state index contributed by atoms with van der Waals surface area (Å²) in [6.07, 6.45) is 7.97. The SMILES string of the molecule is C=CCOC12Oc3ccc(Oc4ccc(C)c(C)c4)cc3C3C(CCCCO)C(CCCCO)C=C(C(=NOC(C)(C)C)CC1N(Cc1ccc(F)cc1)C(=O)OCCCl)C32. The Bertz CT molecular complexity index is 2030. The lowest BCUT2D eigenvalue weighted by molar-refractivity contribution is -0.256. The second-order valence-corrected chi connectivity index (χ2v) is 17.8. The fourth-order valence-electron chi connectivity index (χ4n) is 9.11. The van der Waals surface area contributed by atoms with Gasteiger partial charge in [-0.25, -0.2) is 9.18 Å². The van der Waals surface area contributed by atoms with Crippen LogP contribution in [0.3, 0.4) is 0 Å². The predicted molar refractivity (Wildman–Crippen MR) is 236 cm³/mol. The molecule has 1 amide bonds. The van der Waals surface area contributed by atoms with Crippen molar-refractivity contribution in [1.29, 1.82) is 0 Å². The van der Waals surface area contributed by atoms with E-state index in [2.05, 4.69) is 32.6 Å². The summed E-state index contributed by atoms with van der Waals surface area (Å²) in [5, 5.41) is 24.8. The second kappa shape index (κ2) is 20.6. The van der Waals surface area contributed by atoms with Gasteiger partial charge in [0.25, 0.3) is 0 Å². The van der Waals surface area contributed by atoms with Gasteiger partial charge in [0.2, 0.25) is 5.79 Å². The van der Waals surface area contributed by atoms with Crippen LogP contribution in [0.4, 0.5) is 9.18 Å². The quantitative estimate of drug-likeness (QED) is 0.0529. The number of aryl methyl sites for hydroxylation is 2. The van der Waals surface area contributed by atoms with Crippen LogP contribution in [0.25, 0.3) is 0 Å². The number of halogens is 2. The third kappa shape index (κ3) is 10.8. The monoisotopic (exact) mass is 860 g/mol. The number of alkyl halides is 1. The van der Waals surface area contributed by atoms with Gasteiger partial charge >= 0.3 is 6.09 Å². The van der Waals surface area contributed by atoms with Crippen molar-refractivity contribution in [1.82, 2.24) is 4.90 Å². The van der Waals surface area contributed by atoms with Crippen LogP contribution in [0.1, 0.15) is 93.9 Å². The Kier molecular flexibility index (Phi) is 15.6. The van der Waals surface area contributed by atoms with Gasteiger partial charge in [0.15, 0.2) is 0 Å². The standard InChI is InChI=1S/C49H62ClFN2O8/c1-7-25-58-49-44(53(47(56)57-26-22-50)31-34-15-17-36(51)18-16-34)30-42(52-61-48(4,5)6)40-28-35(12-8-10-23-54)39(13-9-11-24-55)45(46(40)49)41-29-38(20-21-43(41)60-49)59-37-19-14-32(2)33(3)27-37/h7,14-21,27-29,35,39,44-46,54-55H,1,8-13,22-26,30-31H2,2-6H3. The Morgan fingerprint density at radius 2 is 1.70 bits per heavy atom. The van der Waals surface area contributed by atoms with Crippen LogP contribution in [-0.4, -0.2) is 76.7 Å². The first-order chi connectivity index (χ1) is 29.3. The van der Waals surface area contributed by atoms with Crippen LogP contribution >= 0.6 is 11.6 Å². The molecule has 61 heavy (non-hydrogen) atoms. The van der Waals surface area contributed by atoms with Crippen LogP contribution in [0.5, 0.6) is 17.2 Å². The zero-order valence-corrected chi connectivity index (χ0v) is 37.0. The third-order valence-electron chi connectivity index (χ3n) is 12.0. The normalized spacial score (nSPS) is 23.6. The first kappa shape index (κ1) is 46.1. The summed E-state index contributed by atoms with van der Waals surface area (Å²) >= 11 is 6.07. The summed E-state index contributed by atoms with van der Waals surface area (Å²) < 4.78 is 41.0. The molecule has 0 radical (unpaired) electrons. The highest BCUT2D eigenvalue weighted by Gasteiger charge is 2.65. The highest BCUT2D eigenvalue weighted by atomic mass is 35.5. The van der Waals surface area contributed by atoms with E-state index in [1.54, 1.807) is 23.1 Å². The maximum Gasteiger partial charge on any atom is 0.410 e. The van der Waals surface area contributed by atoms with E-state index in [1.807, 2.05) is 51.1 Å². The minimum atomic E-state index is -1.51. The Hall–Kier alpha value is -4.42. The Morgan fingerprint density at radius 3 is 2.38 bits per heavy atom. The van der Waals surface area contributed by atoms with E-state index in [1.165, 1.54) is 17.7 Å². The lowest BCUT2D eigenvalue weighted by atomic mass is 9.55. The molecular formula is C49H62ClFN2O8. The van der Waals surface area contributed by atoms with Crippen molar-refractivity contribution >= 4 is 23.4 Å². The Labute approximate surface area is 365 Å². The van der Waals surface area contributed by atoms with Gasteiger partial charge in [0.1, 0.15) is 41.3 Å². The van der Waals surface area contributed by atoms with Gasteiger partial charge in [-0.15, -0.1) is 18.2 Å². The smallest absolute Gasteiger partial charge is 0.410 e. The van der Waals surface area contributed by atoms with Crippen molar-refractivity contribution < 1.29 is 43.2 Å². The van der Waals surface area contributed by atoms with Crippen LogP contribution in [0.15, 0.2) is 90.1 Å². The van der Waals surface area contributed by atoms with E-state index in [4.69, 9.17) is 40.5 Å². The zero-order valence-electron chi connectivity index (χ0n) is 36.2. The zero-order chi connectivity index (χ0) is 43.7. The minimum Gasteiger partial charge on any atom is -0.459 e. The summed E-state index contributed by atoms with van der Waals surface area (Å²) in [6, 6.07) is 17.1. The molecule has 0 bridgehead atoms. The fraction of sp³-hybridized carbons (Fsp3) is 0.510. The maximum absolute atomic E-state index is 14.5. The molecule has 6 unspecified atom stereocenters. The molecule has 1 aliphatic heterocycles. The molecule has 2 aliphatic carbocycles. The molecule has 1 fully saturated rings. The number of oxime groups is 1. The third-order valence-corrected chi connectivity index (χ3v) is 12.1. The number of unbranched alkanes of at least 4 members (excludes halogenated alkanes) is 2. The van der Waals surface area contributed by atoms with Crippen LogP contribution < -0.4 is 9.47 Å². The average Bonchev–Trinajstić information content (AvgIpc) is 3.23. The van der Waals surface area contributed by atoms with Crippen molar-refractivity contribution in [3.05, 3.63) is 113 Å². The van der Waals surface area contributed by atoms with Gasteiger partial charge in [0.05, 0.1) is 24.1 Å². The van der Waals surface area contributed by atoms with E-state index < -0.39 is 35.3 Å². The Morgan fingerprint density at radius 1 is 1.00 bits per heavy atom. The number of fused-ring (bicyclic) bond motifs is 2. The van der Waals surface area contributed by atoms with Crippen LogP contribution in [-0.2, 0) is 20.9 Å². The molecule has 0 aromatic heterocycles. The summed E-state index contributed by atoms with van der Waals surface area (Å²) in [4.78, 5) is 22.3. The lowest BCUT2D eigenvalue weighted by Gasteiger charge is -2.60. The number of hydrogen-bond acceptors (Lipinski definition) is 9. The molecule has 10 nitrogen and oxygen atoms in total. The molecule has 3 aliphatic rings. The number of rotatable bonds is 19. The first-order valence-corrected chi connectivity index (χ1v) is 22.1. The number of carbonyl (C=O) groups excluding carboxylic acids is 1. The van der Waals surface area contributed by atoms with E-state index in [9.17, 15) is 19.4 Å². The summed E-state index contributed by atoms with van der Waals surface area (Å²) in [5.41, 5.74) is 4.81. The van der Waals surface area contributed by atoms with Gasteiger partial charge in [-0.3, -0.25) is 4.90 Å². The van der Waals surface area contributed by atoms with Crippen molar-refractivity contribution in [2.24, 2.45) is 22.9 Å². The van der Waals surface area contributed by atoms with Gasteiger partial charge in [0, 0.05) is 37.7 Å². The van der Waals surface area contributed by atoms with Crippen molar-refractivity contribution in [3.8, 4) is 17.2 Å².